The van der Waals surface area contributed by atoms with Gasteiger partial charge in [-0.3, -0.25) is 4.68 Å². The molecule has 0 amide bonds. The van der Waals surface area contributed by atoms with Crippen LogP contribution in [-0.4, -0.2) is 15.8 Å². The smallest absolute Gasteiger partial charge is 0.0678 e. The average Bonchev–Trinajstić information content (AvgIpc) is 3.12. The number of benzene rings is 1. The molecule has 1 heterocycles. The van der Waals surface area contributed by atoms with Gasteiger partial charge in [0.1, 0.15) is 0 Å². The molecule has 3 rings (SSSR count). The van der Waals surface area contributed by atoms with Crippen LogP contribution in [0.3, 0.4) is 0 Å². The second-order valence-corrected chi connectivity index (χ2v) is 5.71. The van der Waals surface area contributed by atoms with E-state index in [0.717, 1.165) is 17.1 Å². The van der Waals surface area contributed by atoms with Crippen molar-refractivity contribution < 1.29 is 0 Å². The SMILES string of the molecule is Clc1ccc(Cl)c(Cn2nccc2CNC2CC2)c1. The van der Waals surface area contributed by atoms with Gasteiger partial charge in [-0.05, 0) is 42.7 Å². The van der Waals surface area contributed by atoms with Crippen LogP contribution in [0.5, 0.6) is 0 Å². The zero-order valence-electron chi connectivity index (χ0n) is 10.4. The molecule has 0 saturated heterocycles. The first-order chi connectivity index (χ1) is 9.22. The number of rotatable bonds is 5. The van der Waals surface area contributed by atoms with Crippen LogP contribution in [0.4, 0.5) is 0 Å². The van der Waals surface area contributed by atoms with Crippen LogP contribution in [0.2, 0.25) is 10.0 Å². The zero-order chi connectivity index (χ0) is 13.2. The van der Waals surface area contributed by atoms with Crippen molar-refractivity contribution in [1.29, 1.82) is 0 Å². The first-order valence-electron chi connectivity index (χ1n) is 6.40. The van der Waals surface area contributed by atoms with E-state index in [9.17, 15) is 0 Å². The predicted molar refractivity (Wildman–Crippen MR) is 77.7 cm³/mol. The molecule has 100 valence electrons. The predicted octanol–water partition coefficient (Wildman–Crippen LogP) is 3.49. The van der Waals surface area contributed by atoms with Gasteiger partial charge in [-0.1, -0.05) is 23.2 Å². The van der Waals surface area contributed by atoms with Crippen molar-refractivity contribution in [2.75, 3.05) is 0 Å². The third-order valence-electron chi connectivity index (χ3n) is 3.28. The Morgan fingerprint density at radius 1 is 1.26 bits per heavy atom. The van der Waals surface area contributed by atoms with E-state index in [1.165, 1.54) is 18.5 Å². The van der Waals surface area contributed by atoms with Crippen LogP contribution in [0.15, 0.2) is 30.5 Å². The van der Waals surface area contributed by atoms with E-state index in [1.807, 2.05) is 29.1 Å². The number of hydrogen-bond donors (Lipinski definition) is 1. The lowest BCUT2D eigenvalue weighted by Gasteiger charge is -2.10. The highest BCUT2D eigenvalue weighted by molar-refractivity contribution is 6.33. The van der Waals surface area contributed by atoms with Gasteiger partial charge in [-0.25, -0.2) is 0 Å². The maximum absolute atomic E-state index is 6.19. The molecule has 0 bridgehead atoms. The molecule has 1 saturated carbocycles. The highest BCUT2D eigenvalue weighted by atomic mass is 35.5. The maximum Gasteiger partial charge on any atom is 0.0678 e. The van der Waals surface area contributed by atoms with E-state index in [0.29, 0.717) is 17.6 Å². The second-order valence-electron chi connectivity index (χ2n) is 4.87. The topological polar surface area (TPSA) is 29.9 Å². The number of hydrogen-bond acceptors (Lipinski definition) is 2. The van der Waals surface area contributed by atoms with Crippen molar-refractivity contribution in [2.45, 2.75) is 32.0 Å². The number of nitrogens with zero attached hydrogens (tertiary/aromatic N) is 2. The zero-order valence-corrected chi connectivity index (χ0v) is 12.0. The van der Waals surface area contributed by atoms with Crippen LogP contribution in [-0.2, 0) is 13.1 Å². The number of aromatic nitrogens is 2. The van der Waals surface area contributed by atoms with E-state index in [4.69, 9.17) is 23.2 Å². The van der Waals surface area contributed by atoms with E-state index in [-0.39, 0.29) is 0 Å². The minimum Gasteiger partial charge on any atom is -0.308 e. The number of nitrogens with one attached hydrogen (secondary N) is 1. The Morgan fingerprint density at radius 2 is 2.11 bits per heavy atom. The van der Waals surface area contributed by atoms with Gasteiger partial charge in [-0.2, -0.15) is 5.10 Å². The fraction of sp³-hybridized carbons (Fsp3) is 0.357. The molecule has 0 aliphatic heterocycles. The molecule has 0 unspecified atom stereocenters. The summed E-state index contributed by atoms with van der Waals surface area (Å²) >= 11 is 12.2. The Morgan fingerprint density at radius 3 is 2.89 bits per heavy atom. The standard InChI is InChI=1S/C14H15Cl2N3/c15-11-1-4-14(16)10(7-11)9-19-13(5-6-18-19)8-17-12-2-3-12/h1,4-7,12,17H,2-3,8-9H2. The molecular weight excluding hydrogens is 281 g/mol. The van der Waals surface area contributed by atoms with Crippen molar-refractivity contribution >= 4 is 23.2 Å². The van der Waals surface area contributed by atoms with Crippen LogP contribution >= 0.6 is 23.2 Å². The molecular formula is C14H15Cl2N3. The highest BCUT2D eigenvalue weighted by Crippen LogP contribution is 2.22. The van der Waals surface area contributed by atoms with E-state index in [1.54, 1.807) is 6.07 Å². The Bertz CT molecular complexity index is 576. The Balaban J connectivity index is 1.74. The van der Waals surface area contributed by atoms with Gasteiger partial charge < -0.3 is 5.32 Å². The lowest BCUT2D eigenvalue weighted by atomic mass is 10.2. The fourth-order valence-corrected chi connectivity index (χ4v) is 2.39. The summed E-state index contributed by atoms with van der Waals surface area (Å²) in [6.45, 7) is 1.50. The van der Waals surface area contributed by atoms with E-state index in [2.05, 4.69) is 10.4 Å². The number of halogens is 2. The van der Waals surface area contributed by atoms with Crippen molar-refractivity contribution in [2.24, 2.45) is 0 Å². The molecule has 0 spiro atoms. The third kappa shape index (κ3) is 3.30. The molecule has 1 aliphatic rings. The Hall–Kier alpha value is -1.03. The van der Waals surface area contributed by atoms with Crippen LogP contribution in [0, 0.1) is 0 Å². The van der Waals surface area contributed by atoms with Crippen LogP contribution < -0.4 is 5.32 Å². The summed E-state index contributed by atoms with van der Waals surface area (Å²) in [6, 6.07) is 8.24. The maximum atomic E-state index is 6.19. The molecule has 5 heteroatoms. The molecule has 2 aromatic rings. The largest absolute Gasteiger partial charge is 0.308 e. The molecule has 1 aromatic heterocycles. The lowest BCUT2D eigenvalue weighted by molar-refractivity contribution is 0.593. The normalized spacial score (nSPS) is 14.8. The van der Waals surface area contributed by atoms with Gasteiger partial charge in [0.25, 0.3) is 0 Å². The molecule has 1 fully saturated rings. The molecule has 19 heavy (non-hydrogen) atoms. The van der Waals surface area contributed by atoms with Crippen molar-refractivity contribution in [3.63, 3.8) is 0 Å². The summed E-state index contributed by atoms with van der Waals surface area (Å²) in [5.41, 5.74) is 2.16. The average molecular weight is 296 g/mol. The van der Waals surface area contributed by atoms with Gasteiger partial charge >= 0.3 is 0 Å². The summed E-state index contributed by atoms with van der Waals surface area (Å²) in [5.74, 6) is 0. The monoisotopic (exact) mass is 295 g/mol. The molecule has 3 nitrogen and oxygen atoms in total. The lowest BCUT2D eigenvalue weighted by Crippen LogP contribution is -2.19. The van der Waals surface area contributed by atoms with Gasteiger partial charge in [0.05, 0.1) is 12.2 Å². The summed E-state index contributed by atoms with van der Waals surface area (Å²) in [4.78, 5) is 0. The van der Waals surface area contributed by atoms with Crippen molar-refractivity contribution in [3.05, 3.63) is 51.8 Å². The van der Waals surface area contributed by atoms with Crippen LogP contribution in [0.1, 0.15) is 24.1 Å². The Labute approximate surface area is 122 Å². The van der Waals surface area contributed by atoms with Crippen molar-refractivity contribution in [1.82, 2.24) is 15.1 Å². The molecule has 0 radical (unpaired) electrons. The summed E-state index contributed by atoms with van der Waals surface area (Å²) < 4.78 is 1.97. The molecule has 1 aromatic carbocycles. The van der Waals surface area contributed by atoms with Crippen molar-refractivity contribution in [3.8, 4) is 0 Å². The van der Waals surface area contributed by atoms with Gasteiger partial charge in [0.15, 0.2) is 0 Å². The molecule has 1 N–H and O–H groups in total. The first-order valence-corrected chi connectivity index (χ1v) is 7.16. The summed E-state index contributed by atoms with van der Waals surface area (Å²) in [5, 5.41) is 9.27. The molecule has 1 aliphatic carbocycles. The second kappa shape index (κ2) is 5.53. The summed E-state index contributed by atoms with van der Waals surface area (Å²) in [6.07, 6.45) is 4.39. The fourth-order valence-electron chi connectivity index (χ4n) is 2.01. The van der Waals surface area contributed by atoms with Gasteiger partial charge in [0, 0.05) is 28.8 Å². The molecule has 0 atom stereocenters. The first kappa shape index (κ1) is 13.0. The van der Waals surface area contributed by atoms with E-state index < -0.39 is 0 Å². The Kier molecular flexibility index (Phi) is 3.78. The van der Waals surface area contributed by atoms with Gasteiger partial charge in [0.2, 0.25) is 0 Å². The third-order valence-corrected chi connectivity index (χ3v) is 3.89. The summed E-state index contributed by atoms with van der Waals surface area (Å²) in [7, 11) is 0. The quantitative estimate of drug-likeness (QED) is 0.915. The minimum atomic E-state index is 0.647. The van der Waals surface area contributed by atoms with Crippen LogP contribution in [0.25, 0.3) is 0 Å². The van der Waals surface area contributed by atoms with Gasteiger partial charge in [-0.15, -0.1) is 0 Å². The highest BCUT2D eigenvalue weighted by Gasteiger charge is 2.20. The minimum absolute atomic E-state index is 0.647. The van der Waals surface area contributed by atoms with E-state index >= 15 is 0 Å².